The Morgan fingerprint density at radius 2 is 1.68 bits per heavy atom. The van der Waals surface area contributed by atoms with Crippen LogP contribution in [0.2, 0.25) is 0 Å². The lowest BCUT2D eigenvalue weighted by molar-refractivity contribution is 0.0462. The zero-order chi connectivity index (χ0) is 20.1. The molecule has 0 saturated heterocycles. The van der Waals surface area contributed by atoms with Crippen LogP contribution in [0.3, 0.4) is 0 Å². The summed E-state index contributed by atoms with van der Waals surface area (Å²) in [5.41, 5.74) is 1.63. The van der Waals surface area contributed by atoms with Gasteiger partial charge in [-0.3, -0.25) is 0 Å². The Kier molecular flexibility index (Phi) is 5.84. The number of ether oxygens (including phenoxy) is 4. The maximum atomic E-state index is 12.6. The highest BCUT2D eigenvalue weighted by atomic mass is 16.5. The molecule has 0 aliphatic rings. The Morgan fingerprint density at radius 1 is 0.964 bits per heavy atom. The molecule has 0 N–H and O–H groups in total. The standard InChI is InChI=1S/C21H21NO6/c1-13-16(22-20(28-13)14-8-6-5-7-9-14)12-27-21(23)15-10-11-17(24-2)19(26-4)18(15)25-3/h5-11H,12H2,1-4H3. The third kappa shape index (κ3) is 3.78. The van der Waals surface area contributed by atoms with Gasteiger partial charge in [0, 0.05) is 5.56 Å². The Balaban J connectivity index is 1.79. The third-order valence-electron chi connectivity index (χ3n) is 4.18. The van der Waals surface area contributed by atoms with Crippen LogP contribution in [0.25, 0.3) is 11.5 Å². The Bertz CT molecular complexity index is 965. The fourth-order valence-electron chi connectivity index (χ4n) is 2.74. The maximum Gasteiger partial charge on any atom is 0.342 e. The van der Waals surface area contributed by atoms with E-state index >= 15 is 0 Å². The topological polar surface area (TPSA) is 80.0 Å². The van der Waals surface area contributed by atoms with Crippen molar-refractivity contribution in [3.05, 3.63) is 59.5 Å². The van der Waals surface area contributed by atoms with Gasteiger partial charge in [0.15, 0.2) is 11.5 Å². The molecule has 0 amide bonds. The van der Waals surface area contributed by atoms with Gasteiger partial charge < -0.3 is 23.4 Å². The predicted molar refractivity (Wildman–Crippen MR) is 102 cm³/mol. The number of aromatic nitrogens is 1. The molecule has 28 heavy (non-hydrogen) atoms. The van der Waals surface area contributed by atoms with E-state index < -0.39 is 5.97 Å². The number of carbonyl (C=O) groups excluding carboxylic acids is 1. The molecule has 1 aromatic heterocycles. The zero-order valence-corrected chi connectivity index (χ0v) is 16.1. The first-order valence-electron chi connectivity index (χ1n) is 8.56. The molecule has 0 radical (unpaired) electrons. The molecule has 0 fully saturated rings. The van der Waals surface area contributed by atoms with Crippen LogP contribution in [0.4, 0.5) is 0 Å². The number of nitrogens with zero attached hydrogens (tertiary/aromatic N) is 1. The van der Waals surface area contributed by atoms with Crippen LogP contribution in [0, 0.1) is 6.92 Å². The number of benzene rings is 2. The fraction of sp³-hybridized carbons (Fsp3) is 0.238. The maximum absolute atomic E-state index is 12.6. The van der Waals surface area contributed by atoms with Crippen molar-refractivity contribution in [2.45, 2.75) is 13.5 Å². The number of carbonyl (C=O) groups is 1. The van der Waals surface area contributed by atoms with Crippen molar-refractivity contribution in [2.75, 3.05) is 21.3 Å². The van der Waals surface area contributed by atoms with Gasteiger partial charge in [0.2, 0.25) is 11.6 Å². The van der Waals surface area contributed by atoms with Gasteiger partial charge in [-0.2, -0.15) is 0 Å². The monoisotopic (exact) mass is 383 g/mol. The highest BCUT2D eigenvalue weighted by molar-refractivity contribution is 5.94. The summed E-state index contributed by atoms with van der Waals surface area (Å²) in [6, 6.07) is 12.7. The summed E-state index contributed by atoms with van der Waals surface area (Å²) in [4.78, 5) is 17.0. The van der Waals surface area contributed by atoms with Crippen LogP contribution in [0.1, 0.15) is 21.8 Å². The number of hydrogen-bond donors (Lipinski definition) is 0. The predicted octanol–water partition coefficient (Wildman–Crippen LogP) is 4.03. The minimum absolute atomic E-state index is 0.0293. The lowest BCUT2D eigenvalue weighted by Crippen LogP contribution is -2.09. The molecule has 1 heterocycles. The van der Waals surface area contributed by atoms with E-state index in [1.54, 1.807) is 19.1 Å². The molecule has 0 bridgehead atoms. The molecule has 0 aliphatic carbocycles. The van der Waals surface area contributed by atoms with Crippen molar-refractivity contribution in [1.82, 2.24) is 4.98 Å². The number of methoxy groups -OCH3 is 3. The molecule has 146 valence electrons. The molecule has 7 nitrogen and oxygen atoms in total. The van der Waals surface area contributed by atoms with Crippen LogP contribution in [-0.2, 0) is 11.3 Å². The number of esters is 1. The van der Waals surface area contributed by atoms with Gasteiger partial charge in [0.25, 0.3) is 0 Å². The number of hydrogen-bond acceptors (Lipinski definition) is 7. The molecular weight excluding hydrogens is 362 g/mol. The van der Waals surface area contributed by atoms with E-state index in [0.29, 0.717) is 28.8 Å². The molecule has 0 spiro atoms. The van der Waals surface area contributed by atoms with E-state index in [4.69, 9.17) is 23.4 Å². The second-order valence-corrected chi connectivity index (χ2v) is 5.85. The quantitative estimate of drug-likeness (QED) is 0.570. The second-order valence-electron chi connectivity index (χ2n) is 5.85. The highest BCUT2D eigenvalue weighted by Crippen LogP contribution is 2.40. The van der Waals surface area contributed by atoms with Crippen molar-refractivity contribution >= 4 is 5.97 Å². The molecule has 0 aliphatic heterocycles. The van der Waals surface area contributed by atoms with Crippen molar-refractivity contribution in [3.8, 4) is 28.7 Å². The fourth-order valence-corrected chi connectivity index (χ4v) is 2.74. The summed E-state index contributed by atoms with van der Waals surface area (Å²) in [6.45, 7) is 1.75. The summed E-state index contributed by atoms with van der Waals surface area (Å²) in [5.74, 6) is 1.52. The van der Waals surface area contributed by atoms with Crippen molar-refractivity contribution < 1.29 is 28.2 Å². The van der Waals surface area contributed by atoms with E-state index in [0.717, 1.165) is 5.56 Å². The van der Waals surface area contributed by atoms with Crippen molar-refractivity contribution in [1.29, 1.82) is 0 Å². The minimum Gasteiger partial charge on any atom is -0.493 e. The van der Waals surface area contributed by atoms with Gasteiger partial charge in [-0.15, -0.1) is 0 Å². The Labute approximate surface area is 162 Å². The molecule has 0 atom stereocenters. The smallest absolute Gasteiger partial charge is 0.342 e. The first kappa shape index (κ1) is 19.3. The van der Waals surface area contributed by atoms with Crippen LogP contribution in [-0.4, -0.2) is 32.3 Å². The summed E-state index contributed by atoms with van der Waals surface area (Å²) >= 11 is 0. The van der Waals surface area contributed by atoms with Crippen molar-refractivity contribution in [3.63, 3.8) is 0 Å². The number of aryl methyl sites for hydroxylation is 1. The van der Waals surface area contributed by atoms with Gasteiger partial charge in [-0.25, -0.2) is 9.78 Å². The SMILES string of the molecule is COc1ccc(C(=O)OCc2nc(-c3ccccc3)oc2C)c(OC)c1OC. The summed E-state index contributed by atoms with van der Waals surface area (Å²) < 4.78 is 27.0. The summed E-state index contributed by atoms with van der Waals surface area (Å²) in [6.07, 6.45) is 0. The average molecular weight is 383 g/mol. The van der Waals surface area contributed by atoms with Gasteiger partial charge >= 0.3 is 5.97 Å². The largest absolute Gasteiger partial charge is 0.493 e. The lowest BCUT2D eigenvalue weighted by Gasteiger charge is -2.14. The molecule has 3 rings (SSSR count). The zero-order valence-electron chi connectivity index (χ0n) is 16.1. The van der Waals surface area contributed by atoms with E-state index in [2.05, 4.69) is 4.98 Å². The molecule has 7 heteroatoms. The second kappa shape index (κ2) is 8.47. The molecule has 2 aromatic carbocycles. The molecule has 0 saturated carbocycles. The minimum atomic E-state index is -0.568. The third-order valence-corrected chi connectivity index (χ3v) is 4.18. The first-order chi connectivity index (χ1) is 13.6. The van der Waals surface area contributed by atoms with Crippen LogP contribution >= 0.6 is 0 Å². The number of rotatable bonds is 7. The molecular formula is C21H21NO6. The molecule has 0 unspecified atom stereocenters. The number of oxazole rings is 1. The van der Waals surface area contributed by atoms with Gasteiger partial charge in [0.1, 0.15) is 23.6 Å². The van der Waals surface area contributed by atoms with E-state index in [9.17, 15) is 4.79 Å². The van der Waals surface area contributed by atoms with E-state index in [1.165, 1.54) is 21.3 Å². The van der Waals surface area contributed by atoms with Crippen LogP contribution in [0.15, 0.2) is 46.9 Å². The molecule has 3 aromatic rings. The average Bonchev–Trinajstić information content (AvgIpc) is 3.11. The van der Waals surface area contributed by atoms with Gasteiger partial charge in [0.05, 0.1) is 21.3 Å². The van der Waals surface area contributed by atoms with Crippen LogP contribution in [0.5, 0.6) is 17.2 Å². The first-order valence-corrected chi connectivity index (χ1v) is 8.56. The van der Waals surface area contributed by atoms with E-state index in [-0.39, 0.29) is 17.9 Å². The van der Waals surface area contributed by atoms with Gasteiger partial charge in [-0.05, 0) is 31.2 Å². The normalized spacial score (nSPS) is 10.4. The van der Waals surface area contributed by atoms with Gasteiger partial charge in [-0.1, -0.05) is 18.2 Å². The lowest BCUT2D eigenvalue weighted by atomic mass is 10.1. The summed E-state index contributed by atoms with van der Waals surface area (Å²) in [7, 11) is 4.42. The highest BCUT2D eigenvalue weighted by Gasteiger charge is 2.22. The van der Waals surface area contributed by atoms with E-state index in [1.807, 2.05) is 30.3 Å². The van der Waals surface area contributed by atoms with Crippen molar-refractivity contribution in [2.24, 2.45) is 0 Å². The Hall–Kier alpha value is -3.48. The van der Waals surface area contributed by atoms with Crippen LogP contribution < -0.4 is 14.2 Å². The Morgan fingerprint density at radius 3 is 2.32 bits per heavy atom. The summed E-state index contributed by atoms with van der Waals surface area (Å²) in [5, 5.41) is 0.